The van der Waals surface area contributed by atoms with Gasteiger partial charge in [-0.2, -0.15) is 0 Å². The largest absolute Gasteiger partial charge is 1.00 e. The molecule has 0 saturated heterocycles. The number of rotatable bonds is 3. The topological polar surface area (TPSA) is 29.1 Å². The zero-order chi connectivity index (χ0) is 14.6. The summed E-state index contributed by atoms with van der Waals surface area (Å²) in [6.45, 7) is 4.40. The van der Waals surface area contributed by atoms with Crippen molar-refractivity contribution in [3.8, 4) is 0 Å². The van der Waals surface area contributed by atoms with E-state index < -0.39 is 19.4 Å². The van der Waals surface area contributed by atoms with E-state index in [1.807, 2.05) is 0 Å². The van der Waals surface area contributed by atoms with Gasteiger partial charge >= 0.3 is 137 Å². The van der Waals surface area contributed by atoms with E-state index in [-0.39, 0.29) is 30.2 Å². The zero-order valence-corrected chi connectivity index (χ0v) is 17.0. The third kappa shape index (κ3) is 3.61. The molecule has 5 rings (SSSR count). The average Bonchev–Trinajstić information content (AvgIpc) is 2.73. The molecule has 5 heteroatoms. The van der Waals surface area contributed by atoms with Crippen LogP contribution in [-0.2, 0) is 24.2 Å². The second-order valence-corrected chi connectivity index (χ2v) is 9.87. The standard InChI is InChI=1S/C11H17NO.C7H9.2ClH.Ti/c12-10(13)11-4-7-1-8(5-11)3-9(2-7)6-11;1-6-4-3-5-7(6)2;;;/h7-9H,1-6H2,(H2,12,13);4H,5H2,1-2H3;2*1H;/q;;;;+3/p-3. The molecule has 126 valence electrons. The molecule has 4 bridgehead atoms. The Kier molecular flexibility index (Phi) is 6.16. The molecule has 2 nitrogen and oxygen atoms in total. The SMILES string of the molecule is CC1=C(C)C[C]([Ti+2][NH]C(=O)C23CC4CC(CC(C4)C2)C3)=C1.[Cl-].[Cl-]. The van der Waals surface area contributed by atoms with Gasteiger partial charge in [0, 0.05) is 0 Å². The Morgan fingerprint density at radius 1 is 1.09 bits per heavy atom. The van der Waals surface area contributed by atoms with Crippen LogP contribution in [0.25, 0.3) is 0 Å². The number of halogens is 2. The Balaban J connectivity index is 0.000000960. The minimum absolute atomic E-state index is 0. The summed E-state index contributed by atoms with van der Waals surface area (Å²) in [6.07, 6.45) is 11.2. The molecule has 4 fully saturated rings. The minimum Gasteiger partial charge on any atom is -1.00 e. The molecule has 0 unspecified atom stereocenters. The summed E-state index contributed by atoms with van der Waals surface area (Å²) >= 11 is -0.455. The monoisotopic (exact) mass is 389 g/mol. The van der Waals surface area contributed by atoms with Gasteiger partial charge in [-0.05, 0) is 0 Å². The van der Waals surface area contributed by atoms with Crippen LogP contribution in [0.4, 0.5) is 0 Å². The van der Waals surface area contributed by atoms with Gasteiger partial charge in [0.1, 0.15) is 0 Å². The van der Waals surface area contributed by atoms with Gasteiger partial charge in [0.25, 0.3) is 0 Å². The summed E-state index contributed by atoms with van der Waals surface area (Å²) in [5, 5.41) is 0. The van der Waals surface area contributed by atoms with Crippen molar-refractivity contribution in [2.45, 2.75) is 58.8 Å². The van der Waals surface area contributed by atoms with E-state index in [1.54, 1.807) is 0 Å². The molecule has 4 saturated carbocycles. The predicted octanol–water partition coefficient (Wildman–Crippen LogP) is -2.05. The number of carbonyl (C=O) groups is 1. The fourth-order valence-electron chi connectivity index (χ4n) is 5.60. The van der Waals surface area contributed by atoms with Crippen LogP contribution in [0.2, 0.25) is 0 Å². The van der Waals surface area contributed by atoms with Crippen molar-refractivity contribution in [2.24, 2.45) is 23.2 Å². The van der Waals surface area contributed by atoms with Crippen LogP contribution in [0, 0.1) is 23.2 Å². The minimum atomic E-state index is -0.455. The van der Waals surface area contributed by atoms with E-state index in [0.717, 1.165) is 24.2 Å². The molecule has 0 atom stereocenters. The maximum atomic E-state index is 12.9. The van der Waals surface area contributed by atoms with Crippen molar-refractivity contribution < 1.29 is 49.0 Å². The number of allylic oxidation sites excluding steroid dienone is 4. The summed E-state index contributed by atoms with van der Waals surface area (Å²) in [5.41, 5.74) is 2.94. The van der Waals surface area contributed by atoms with Crippen molar-refractivity contribution in [1.29, 1.82) is 0 Å². The number of amides is 1. The maximum absolute atomic E-state index is 12.9. The van der Waals surface area contributed by atoms with Gasteiger partial charge in [0.05, 0.1) is 0 Å². The maximum Gasteiger partial charge on any atom is -1.00 e. The first-order valence-electron chi connectivity index (χ1n) is 8.47. The van der Waals surface area contributed by atoms with E-state index in [1.165, 1.54) is 53.5 Å². The summed E-state index contributed by atoms with van der Waals surface area (Å²) in [5.74, 6) is 3.00. The molecule has 5 aliphatic carbocycles. The first-order chi connectivity index (χ1) is 10.0. The van der Waals surface area contributed by atoms with Crippen LogP contribution in [0.3, 0.4) is 0 Å². The van der Waals surface area contributed by atoms with E-state index in [0.29, 0.717) is 5.91 Å². The molecule has 1 N–H and O–H groups in total. The zero-order valence-electron chi connectivity index (χ0n) is 13.9. The smallest absolute Gasteiger partial charge is 1.00 e. The van der Waals surface area contributed by atoms with Crippen LogP contribution in [0.1, 0.15) is 58.8 Å². The fourth-order valence-corrected chi connectivity index (χ4v) is 7.44. The number of carbonyl (C=O) groups excluding carboxylic acids is 1. The summed E-state index contributed by atoms with van der Waals surface area (Å²) in [7, 11) is 0. The van der Waals surface area contributed by atoms with Crippen LogP contribution < -0.4 is 28.6 Å². The number of hydrogen-bond donors (Lipinski definition) is 1. The molecular weight excluding hydrogens is 365 g/mol. The van der Waals surface area contributed by atoms with Crippen LogP contribution in [0.15, 0.2) is 21.1 Å². The third-order valence-corrected chi connectivity index (χ3v) is 7.93. The quantitative estimate of drug-likeness (QED) is 0.553. The van der Waals surface area contributed by atoms with Crippen molar-refractivity contribution in [3.05, 3.63) is 21.1 Å². The Morgan fingerprint density at radius 2 is 1.61 bits per heavy atom. The van der Waals surface area contributed by atoms with E-state index >= 15 is 0 Å². The predicted molar refractivity (Wildman–Crippen MR) is 79.8 cm³/mol. The molecule has 1 amide bonds. The molecule has 0 aromatic rings. The number of hydrogen-bond acceptors (Lipinski definition) is 1. The van der Waals surface area contributed by atoms with Gasteiger partial charge in [-0.15, -0.1) is 0 Å². The molecular formula is C18H25Cl2NOTi. The molecule has 5 aliphatic rings. The molecule has 0 aromatic heterocycles. The molecule has 0 aromatic carbocycles. The van der Waals surface area contributed by atoms with Crippen LogP contribution in [0.5, 0.6) is 0 Å². The van der Waals surface area contributed by atoms with Crippen molar-refractivity contribution in [2.75, 3.05) is 0 Å². The van der Waals surface area contributed by atoms with Gasteiger partial charge in [0.2, 0.25) is 0 Å². The van der Waals surface area contributed by atoms with Crippen LogP contribution in [-0.4, -0.2) is 5.91 Å². The van der Waals surface area contributed by atoms with Gasteiger partial charge in [-0.3, -0.25) is 0 Å². The molecule has 0 heterocycles. The van der Waals surface area contributed by atoms with E-state index in [9.17, 15) is 4.79 Å². The Hall–Kier alpha value is 0.244. The Bertz CT molecular complexity index is 520. The second kappa shape index (κ2) is 7.24. The van der Waals surface area contributed by atoms with Gasteiger partial charge in [-0.25, -0.2) is 0 Å². The van der Waals surface area contributed by atoms with Crippen LogP contribution >= 0.6 is 0 Å². The van der Waals surface area contributed by atoms with E-state index in [2.05, 4.69) is 23.7 Å². The summed E-state index contributed by atoms with van der Waals surface area (Å²) < 4.78 is 4.92. The van der Waals surface area contributed by atoms with Crippen molar-refractivity contribution >= 4 is 5.91 Å². The molecule has 23 heavy (non-hydrogen) atoms. The molecule has 0 radical (unpaired) electrons. The first kappa shape index (κ1) is 19.6. The average molecular weight is 390 g/mol. The molecule has 0 spiro atoms. The third-order valence-electron chi connectivity index (χ3n) is 6.38. The van der Waals surface area contributed by atoms with Gasteiger partial charge in [0.15, 0.2) is 0 Å². The summed E-state index contributed by atoms with van der Waals surface area (Å²) in [4.78, 5) is 12.9. The second-order valence-electron chi connectivity index (χ2n) is 8.09. The number of nitrogens with one attached hydrogen (secondary N) is 1. The summed E-state index contributed by atoms with van der Waals surface area (Å²) in [6, 6.07) is 0. The van der Waals surface area contributed by atoms with Gasteiger partial charge in [-0.1, -0.05) is 0 Å². The van der Waals surface area contributed by atoms with Crippen molar-refractivity contribution in [3.63, 3.8) is 0 Å². The Morgan fingerprint density at radius 3 is 2.04 bits per heavy atom. The Labute approximate surface area is 161 Å². The normalized spacial score (nSPS) is 36.8. The van der Waals surface area contributed by atoms with Gasteiger partial charge < -0.3 is 24.8 Å². The van der Waals surface area contributed by atoms with E-state index in [4.69, 9.17) is 0 Å². The fraction of sp³-hybridized carbons (Fsp3) is 0.722. The molecule has 0 aliphatic heterocycles. The van der Waals surface area contributed by atoms with Crippen molar-refractivity contribution in [1.82, 2.24) is 3.80 Å². The first-order valence-corrected chi connectivity index (χ1v) is 10.0.